The van der Waals surface area contributed by atoms with Gasteiger partial charge in [0.2, 0.25) is 0 Å². The molecule has 1 aliphatic rings. The average molecular weight is 330 g/mol. The van der Waals surface area contributed by atoms with Crippen LogP contribution in [0.5, 0.6) is 0 Å². The first-order valence-electron chi connectivity index (χ1n) is 7.93. The molecule has 2 aromatic heterocycles. The van der Waals surface area contributed by atoms with E-state index in [4.69, 9.17) is 0 Å². The van der Waals surface area contributed by atoms with E-state index in [0.29, 0.717) is 0 Å². The maximum Gasteiger partial charge on any atom is 0.322 e. The maximum absolute atomic E-state index is 12.4. The molecule has 1 aliphatic heterocycles. The summed E-state index contributed by atoms with van der Waals surface area (Å²) in [6.07, 6.45) is 4.19. The van der Waals surface area contributed by atoms with E-state index in [1.807, 2.05) is 43.6 Å². The zero-order chi connectivity index (χ0) is 16.2. The fourth-order valence-electron chi connectivity index (χ4n) is 2.70. The molecule has 6 heteroatoms. The lowest BCUT2D eigenvalue weighted by atomic mass is 10.2. The molecule has 3 rings (SSSR count). The van der Waals surface area contributed by atoms with Gasteiger partial charge in [-0.2, -0.15) is 0 Å². The van der Waals surface area contributed by atoms with Crippen molar-refractivity contribution in [1.29, 1.82) is 0 Å². The van der Waals surface area contributed by atoms with Gasteiger partial charge in [0, 0.05) is 25.0 Å². The van der Waals surface area contributed by atoms with Crippen molar-refractivity contribution in [2.24, 2.45) is 0 Å². The number of nitrogens with one attached hydrogen (secondary N) is 1. The van der Waals surface area contributed by atoms with Crippen molar-refractivity contribution in [3.63, 3.8) is 0 Å². The van der Waals surface area contributed by atoms with Crippen molar-refractivity contribution in [3.8, 4) is 0 Å². The molecule has 2 aromatic rings. The van der Waals surface area contributed by atoms with Gasteiger partial charge in [-0.15, -0.1) is 11.3 Å². The molecule has 0 aromatic carbocycles. The Labute approximate surface area is 140 Å². The highest BCUT2D eigenvalue weighted by molar-refractivity contribution is 7.10. The highest BCUT2D eigenvalue weighted by atomic mass is 32.1. The number of anilines is 2. The molecule has 3 heterocycles. The van der Waals surface area contributed by atoms with Crippen LogP contribution in [0.4, 0.5) is 16.3 Å². The van der Waals surface area contributed by atoms with Crippen LogP contribution in [0, 0.1) is 0 Å². The third kappa shape index (κ3) is 3.64. The third-order valence-electron chi connectivity index (χ3n) is 4.29. The van der Waals surface area contributed by atoms with E-state index >= 15 is 0 Å². The lowest BCUT2D eigenvalue weighted by Gasteiger charge is -2.24. The molecular weight excluding hydrogens is 308 g/mol. The first-order chi connectivity index (χ1) is 11.1. The summed E-state index contributed by atoms with van der Waals surface area (Å²) in [5, 5.41) is 4.94. The minimum atomic E-state index is -0.123. The summed E-state index contributed by atoms with van der Waals surface area (Å²) in [7, 11) is 1.81. The number of hydrogen-bond donors (Lipinski definition) is 1. The van der Waals surface area contributed by atoms with E-state index in [2.05, 4.69) is 15.2 Å². The Kier molecular flexibility index (Phi) is 4.81. The normalized spacial score (nSPS) is 15.5. The van der Waals surface area contributed by atoms with Crippen molar-refractivity contribution in [2.75, 3.05) is 30.4 Å². The second-order valence-electron chi connectivity index (χ2n) is 5.83. The summed E-state index contributed by atoms with van der Waals surface area (Å²) < 4.78 is 0. The number of rotatable bonds is 4. The number of carbonyl (C=O) groups excluding carboxylic acids is 1. The number of amides is 2. The molecule has 1 saturated heterocycles. The fraction of sp³-hybridized carbons (Fsp3) is 0.412. The van der Waals surface area contributed by atoms with Crippen molar-refractivity contribution in [2.45, 2.75) is 25.8 Å². The van der Waals surface area contributed by atoms with Gasteiger partial charge in [-0.05, 0) is 43.3 Å². The van der Waals surface area contributed by atoms with Gasteiger partial charge in [0.25, 0.3) is 0 Å². The summed E-state index contributed by atoms with van der Waals surface area (Å²) in [5.41, 5.74) is 0.725. The highest BCUT2D eigenvalue weighted by Crippen LogP contribution is 2.24. The van der Waals surface area contributed by atoms with Gasteiger partial charge in [0.15, 0.2) is 0 Å². The lowest BCUT2D eigenvalue weighted by molar-refractivity contribution is 0.209. The topological polar surface area (TPSA) is 48.5 Å². The monoisotopic (exact) mass is 330 g/mol. The molecular formula is C17H22N4OS. The predicted octanol–water partition coefficient (Wildman–Crippen LogP) is 3.97. The van der Waals surface area contributed by atoms with Crippen LogP contribution >= 0.6 is 11.3 Å². The van der Waals surface area contributed by atoms with Gasteiger partial charge in [0.1, 0.15) is 5.82 Å². The van der Waals surface area contributed by atoms with Crippen molar-refractivity contribution in [1.82, 2.24) is 9.88 Å². The molecule has 0 saturated carbocycles. The fourth-order valence-corrected chi connectivity index (χ4v) is 3.53. The number of aromatic nitrogens is 1. The van der Waals surface area contributed by atoms with Crippen LogP contribution in [-0.4, -0.2) is 36.1 Å². The standard InChI is InChI=1S/C17H22N4OS/c1-13(15-6-5-11-23-15)20(2)17(22)19-14-7-8-16(18-12-14)21-9-3-4-10-21/h5-8,11-13H,3-4,9-10H2,1-2H3,(H,19,22)/t13-/m1/s1. The van der Waals surface area contributed by atoms with Crippen LogP contribution in [0.25, 0.3) is 0 Å². The molecule has 0 radical (unpaired) electrons. The van der Waals surface area contributed by atoms with Crippen molar-refractivity contribution in [3.05, 3.63) is 40.7 Å². The zero-order valence-corrected chi connectivity index (χ0v) is 14.3. The molecule has 2 amide bonds. The van der Waals surface area contributed by atoms with Crippen molar-refractivity contribution >= 4 is 28.9 Å². The lowest BCUT2D eigenvalue weighted by Crippen LogP contribution is -2.33. The SMILES string of the molecule is C[C@H](c1cccs1)N(C)C(=O)Nc1ccc(N2CCCC2)nc1. The number of urea groups is 1. The molecule has 122 valence electrons. The largest absolute Gasteiger partial charge is 0.357 e. The van der Waals surface area contributed by atoms with E-state index in [1.54, 1.807) is 22.4 Å². The van der Waals surface area contributed by atoms with E-state index in [9.17, 15) is 4.79 Å². The smallest absolute Gasteiger partial charge is 0.322 e. The Hall–Kier alpha value is -2.08. The summed E-state index contributed by atoms with van der Waals surface area (Å²) >= 11 is 1.66. The molecule has 1 fully saturated rings. The van der Waals surface area contributed by atoms with E-state index in [-0.39, 0.29) is 12.1 Å². The number of carbonyl (C=O) groups is 1. The Balaban J connectivity index is 1.60. The molecule has 1 atom stereocenters. The highest BCUT2D eigenvalue weighted by Gasteiger charge is 2.18. The van der Waals surface area contributed by atoms with Crippen LogP contribution in [0.1, 0.15) is 30.7 Å². The maximum atomic E-state index is 12.4. The summed E-state index contributed by atoms with van der Waals surface area (Å²) in [6.45, 7) is 4.17. The number of pyridine rings is 1. The Morgan fingerprint density at radius 3 is 2.74 bits per heavy atom. The van der Waals surface area contributed by atoms with Crippen LogP contribution in [0.2, 0.25) is 0 Å². The number of thiophene rings is 1. The Bertz CT molecular complexity index is 635. The van der Waals surface area contributed by atoms with Gasteiger partial charge >= 0.3 is 6.03 Å². The minimum absolute atomic E-state index is 0.0480. The number of nitrogens with zero attached hydrogens (tertiary/aromatic N) is 3. The van der Waals surface area contributed by atoms with E-state index < -0.39 is 0 Å². The first-order valence-corrected chi connectivity index (χ1v) is 8.81. The van der Waals surface area contributed by atoms with E-state index in [1.165, 1.54) is 17.7 Å². The van der Waals surface area contributed by atoms with Gasteiger partial charge in [-0.3, -0.25) is 0 Å². The third-order valence-corrected chi connectivity index (χ3v) is 5.33. The first kappa shape index (κ1) is 15.8. The number of hydrogen-bond acceptors (Lipinski definition) is 4. The van der Waals surface area contributed by atoms with Crippen LogP contribution < -0.4 is 10.2 Å². The van der Waals surface area contributed by atoms with Gasteiger partial charge in [-0.25, -0.2) is 9.78 Å². The second-order valence-corrected chi connectivity index (χ2v) is 6.81. The second kappa shape index (κ2) is 7.00. The van der Waals surface area contributed by atoms with Gasteiger partial charge in [-0.1, -0.05) is 6.07 Å². The quantitative estimate of drug-likeness (QED) is 0.923. The Morgan fingerprint density at radius 1 is 1.35 bits per heavy atom. The average Bonchev–Trinajstić information content (AvgIpc) is 3.27. The molecule has 5 nitrogen and oxygen atoms in total. The van der Waals surface area contributed by atoms with Crippen LogP contribution in [0.15, 0.2) is 35.8 Å². The summed E-state index contributed by atoms with van der Waals surface area (Å²) in [6, 6.07) is 7.87. The Morgan fingerprint density at radius 2 is 2.13 bits per heavy atom. The van der Waals surface area contributed by atoms with E-state index in [0.717, 1.165) is 24.6 Å². The van der Waals surface area contributed by atoms with Crippen LogP contribution in [-0.2, 0) is 0 Å². The van der Waals surface area contributed by atoms with Crippen LogP contribution in [0.3, 0.4) is 0 Å². The zero-order valence-electron chi connectivity index (χ0n) is 13.5. The predicted molar refractivity (Wildman–Crippen MR) is 95.2 cm³/mol. The molecule has 0 spiro atoms. The molecule has 1 N–H and O–H groups in total. The minimum Gasteiger partial charge on any atom is -0.357 e. The van der Waals surface area contributed by atoms with Crippen molar-refractivity contribution < 1.29 is 4.79 Å². The summed E-state index contributed by atoms with van der Waals surface area (Å²) in [4.78, 5) is 22.0. The molecule has 0 unspecified atom stereocenters. The van der Waals surface area contributed by atoms with Gasteiger partial charge in [0.05, 0.1) is 17.9 Å². The van der Waals surface area contributed by atoms with Gasteiger partial charge < -0.3 is 15.1 Å². The summed E-state index contributed by atoms with van der Waals surface area (Å²) in [5.74, 6) is 0.987. The molecule has 0 bridgehead atoms. The molecule has 23 heavy (non-hydrogen) atoms. The molecule has 0 aliphatic carbocycles.